The molecule has 0 spiro atoms. The third-order valence-electron chi connectivity index (χ3n) is 4.88. The Morgan fingerprint density at radius 1 is 1.00 bits per heavy atom. The fourth-order valence-corrected chi connectivity index (χ4v) is 3.12. The van der Waals surface area contributed by atoms with Crippen LogP contribution in [0.5, 0.6) is 0 Å². The van der Waals surface area contributed by atoms with E-state index in [9.17, 15) is 4.79 Å². The maximum absolute atomic E-state index is 12.6. The topological polar surface area (TPSA) is 83.1 Å². The number of nitrogens with zero attached hydrogens (tertiary/aromatic N) is 4. The van der Waals surface area contributed by atoms with Crippen molar-refractivity contribution in [1.82, 2.24) is 14.6 Å². The monoisotopic (exact) mass is 395 g/mol. The van der Waals surface area contributed by atoms with Gasteiger partial charge < -0.3 is 5.32 Å². The van der Waals surface area contributed by atoms with Crippen molar-refractivity contribution in [1.29, 1.82) is 5.26 Å². The summed E-state index contributed by atoms with van der Waals surface area (Å²) < 4.78 is 1.63. The molecule has 1 N–H and O–H groups in total. The van der Waals surface area contributed by atoms with Gasteiger partial charge in [-0.3, -0.25) is 4.79 Å². The first-order valence-corrected chi connectivity index (χ1v) is 9.62. The van der Waals surface area contributed by atoms with Crippen LogP contribution in [0.3, 0.4) is 0 Å². The van der Waals surface area contributed by atoms with Gasteiger partial charge in [-0.05, 0) is 47.4 Å². The van der Waals surface area contributed by atoms with Crippen molar-refractivity contribution in [3.8, 4) is 17.3 Å². The van der Waals surface area contributed by atoms with Crippen LogP contribution >= 0.6 is 0 Å². The molecule has 6 nitrogen and oxygen atoms in total. The highest BCUT2D eigenvalue weighted by molar-refractivity contribution is 6.03. The molecule has 0 bridgehead atoms. The van der Waals surface area contributed by atoms with Crippen LogP contribution in [0, 0.1) is 11.3 Å². The molecule has 30 heavy (non-hydrogen) atoms. The van der Waals surface area contributed by atoms with E-state index in [1.165, 1.54) is 5.56 Å². The van der Waals surface area contributed by atoms with Crippen LogP contribution in [0.4, 0.5) is 5.82 Å². The number of benzene rings is 2. The Morgan fingerprint density at radius 3 is 2.33 bits per heavy atom. The molecule has 4 rings (SSSR count). The second kappa shape index (κ2) is 7.45. The minimum atomic E-state index is -0.216. The molecule has 6 heteroatoms. The van der Waals surface area contributed by atoms with Crippen LogP contribution in [-0.2, 0) is 5.41 Å². The molecule has 4 aromatic rings. The zero-order valence-electron chi connectivity index (χ0n) is 17.0. The first-order valence-electron chi connectivity index (χ1n) is 9.62. The van der Waals surface area contributed by atoms with Gasteiger partial charge in [0, 0.05) is 11.1 Å². The smallest absolute Gasteiger partial charge is 0.256 e. The van der Waals surface area contributed by atoms with Crippen LogP contribution in [-0.4, -0.2) is 20.5 Å². The minimum Gasteiger partial charge on any atom is -0.305 e. The minimum absolute atomic E-state index is 0.0366. The SMILES string of the molecule is CC(C)(C)c1ccc(C(=O)Nc2cn3nc(-c4ccc(C#N)cc4)ccc3n2)cc1. The number of rotatable bonds is 3. The zero-order chi connectivity index (χ0) is 21.3. The van der Waals surface area contributed by atoms with Crippen molar-refractivity contribution in [2.24, 2.45) is 0 Å². The number of hydrogen-bond acceptors (Lipinski definition) is 4. The van der Waals surface area contributed by atoms with Crippen molar-refractivity contribution in [3.05, 3.63) is 83.6 Å². The molecule has 0 saturated carbocycles. The molecule has 0 fully saturated rings. The normalized spacial score (nSPS) is 11.3. The number of carbonyl (C=O) groups is 1. The number of carbonyl (C=O) groups excluding carboxylic acids is 1. The number of aromatic nitrogens is 3. The molecule has 0 aliphatic carbocycles. The van der Waals surface area contributed by atoms with Crippen LogP contribution in [0.1, 0.15) is 42.3 Å². The first kappa shape index (κ1) is 19.3. The third-order valence-corrected chi connectivity index (χ3v) is 4.88. The highest BCUT2D eigenvalue weighted by atomic mass is 16.1. The molecule has 0 unspecified atom stereocenters. The number of nitriles is 1. The summed E-state index contributed by atoms with van der Waals surface area (Å²) in [5.74, 6) is 0.218. The molecule has 0 atom stereocenters. The standard InChI is InChI=1S/C24H21N5O/c1-24(2,3)19-10-8-18(9-11-19)23(30)27-21-15-29-22(26-21)13-12-20(28-29)17-6-4-16(14-25)5-7-17/h4-13,15H,1-3H3,(H,27,30). The summed E-state index contributed by atoms with van der Waals surface area (Å²) in [7, 11) is 0. The number of anilines is 1. The summed E-state index contributed by atoms with van der Waals surface area (Å²) in [5, 5.41) is 16.3. The van der Waals surface area contributed by atoms with Gasteiger partial charge in [0.25, 0.3) is 5.91 Å². The summed E-state index contributed by atoms with van der Waals surface area (Å²) in [6.07, 6.45) is 1.68. The number of nitrogens with one attached hydrogen (secondary N) is 1. The molecule has 0 radical (unpaired) electrons. The van der Waals surface area contributed by atoms with Crippen molar-refractivity contribution in [2.75, 3.05) is 5.32 Å². The third kappa shape index (κ3) is 3.91. The van der Waals surface area contributed by atoms with E-state index in [1.807, 2.05) is 48.5 Å². The second-order valence-corrected chi connectivity index (χ2v) is 8.12. The molecule has 0 aliphatic rings. The van der Waals surface area contributed by atoms with Crippen LogP contribution in [0.2, 0.25) is 0 Å². The van der Waals surface area contributed by atoms with E-state index in [0.29, 0.717) is 22.6 Å². The summed E-state index contributed by atoms with van der Waals surface area (Å²) in [4.78, 5) is 17.0. The van der Waals surface area contributed by atoms with Gasteiger partial charge in [0.15, 0.2) is 11.5 Å². The van der Waals surface area contributed by atoms with Gasteiger partial charge in [-0.1, -0.05) is 45.0 Å². The maximum atomic E-state index is 12.6. The van der Waals surface area contributed by atoms with Crippen molar-refractivity contribution in [3.63, 3.8) is 0 Å². The van der Waals surface area contributed by atoms with E-state index in [-0.39, 0.29) is 11.3 Å². The van der Waals surface area contributed by atoms with E-state index in [2.05, 4.69) is 42.2 Å². The molecule has 2 aromatic heterocycles. The average molecular weight is 395 g/mol. The highest BCUT2D eigenvalue weighted by Crippen LogP contribution is 2.23. The van der Waals surface area contributed by atoms with Crippen LogP contribution in [0.15, 0.2) is 66.9 Å². The van der Waals surface area contributed by atoms with Crippen molar-refractivity contribution < 1.29 is 4.79 Å². The molecule has 2 aromatic carbocycles. The molecule has 0 aliphatic heterocycles. The van der Waals surface area contributed by atoms with E-state index < -0.39 is 0 Å². The van der Waals surface area contributed by atoms with Gasteiger partial charge in [0.05, 0.1) is 23.5 Å². The number of fused-ring (bicyclic) bond motifs is 1. The average Bonchev–Trinajstić information content (AvgIpc) is 3.14. The lowest BCUT2D eigenvalue weighted by Gasteiger charge is -2.18. The van der Waals surface area contributed by atoms with Crippen molar-refractivity contribution >= 4 is 17.4 Å². The predicted molar refractivity (Wildman–Crippen MR) is 116 cm³/mol. The Hall–Kier alpha value is -3.98. The van der Waals surface area contributed by atoms with Crippen molar-refractivity contribution in [2.45, 2.75) is 26.2 Å². The lowest BCUT2D eigenvalue weighted by atomic mass is 9.87. The van der Waals surface area contributed by atoms with Gasteiger partial charge in [-0.2, -0.15) is 10.4 Å². The molecule has 2 heterocycles. The quantitative estimate of drug-likeness (QED) is 0.539. The Labute approximate surface area is 174 Å². The van der Waals surface area contributed by atoms with Crippen LogP contribution in [0.25, 0.3) is 16.9 Å². The van der Waals surface area contributed by atoms with E-state index in [0.717, 1.165) is 11.3 Å². The van der Waals surface area contributed by atoms with Gasteiger partial charge in [-0.15, -0.1) is 0 Å². The van der Waals surface area contributed by atoms with Gasteiger partial charge in [0.1, 0.15) is 0 Å². The first-order chi connectivity index (χ1) is 14.3. The summed E-state index contributed by atoms with van der Waals surface area (Å²) in [6, 6.07) is 20.6. The lowest BCUT2D eigenvalue weighted by Crippen LogP contribution is -2.14. The molecule has 148 valence electrons. The molecular formula is C24H21N5O. The fraction of sp³-hybridized carbons (Fsp3) is 0.167. The second-order valence-electron chi connectivity index (χ2n) is 8.12. The summed E-state index contributed by atoms with van der Waals surface area (Å²) >= 11 is 0. The zero-order valence-corrected chi connectivity index (χ0v) is 17.0. The van der Waals surface area contributed by atoms with Gasteiger partial charge >= 0.3 is 0 Å². The van der Waals surface area contributed by atoms with Crippen LogP contribution < -0.4 is 5.32 Å². The van der Waals surface area contributed by atoms with E-state index in [1.54, 1.807) is 22.8 Å². The molecule has 0 saturated heterocycles. The largest absolute Gasteiger partial charge is 0.305 e. The molecule has 1 amide bonds. The predicted octanol–water partition coefficient (Wildman–Crippen LogP) is 4.82. The van der Waals surface area contributed by atoms with E-state index >= 15 is 0 Å². The Kier molecular flexibility index (Phi) is 4.80. The Morgan fingerprint density at radius 2 is 1.70 bits per heavy atom. The summed E-state index contributed by atoms with van der Waals surface area (Å²) in [5.41, 5.74) is 4.66. The van der Waals surface area contributed by atoms with Gasteiger partial charge in [0.2, 0.25) is 0 Å². The number of amides is 1. The number of hydrogen-bond donors (Lipinski definition) is 1. The summed E-state index contributed by atoms with van der Waals surface area (Å²) in [6.45, 7) is 6.41. The van der Waals surface area contributed by atoms with Gasteiger partial charge in [-0.25, -0.2) is 9.50 Å². The Bertz CT molecular complexity index is 1260. The number of imidazole rings is 1. The fourth-order valence-electron chi connectivity index (χ4n) is 3.12. The highest BCUT2D eigenvalue weighted by Gasteiger charge is 2.15. The molecular weight excluding hydrogens is 374 g/mol. The lowest BCUT2D eigenvalue weighted by molar-refractivity contribution is 0.102. The maximum Gasteiger partial charge on any atom is 0.256 e. The Balaban J connectivity index is 1.55. The van der Waals surface area contributed by atoms with E-state index in [4.69, 9.17) is 5.26 Å².